The number of halogens is 2. The molecule has 0 heterocycles. The fourth-order valence-electron chi connectivity index (χ4n) is 2.79. The Morgan fingerprint density at radius 3 is 2.17 bits per heavy atom. The molecular formula is C22H20BrClN2O3S. The summed E-state index contributed by atoms with van der Waals surface area (Å²) in [5.41, 5.74) is 1.71. The number of nitrogens with zero attached hydrogens (tertiary/aromatic N) is 1. The van der Waals surface area contributed by atoms with E-state index >= 15 is 0 Å². The number of sulfonamides is 1. The zero-order valence-electron chi connectivity index (χ0n) is 16.0. The number of hydrogen-bond acceptors (Lipinski definition) is 3. The van der Waals surface area contributed by atoms with Gasteiger partial charge in [-0.3, -0.25) is 4.79 Å². The number of nitrogens with one attached hydrogen (secondary N) is 1. The van der Waals surface area contributed by atoms with Crippen molar-refractivity contribution in [1.82, 2.24) is 9.62 Å². The van der Waals surface area contributed by atoms with Crippen molar-refractivity contribution in [3.63, 3.8) is 0 Å². The molecule has 0 fully saturated rings. The highest BCUT2D eigenvalue weighted by Crippen LogP contribution is 2.21. The molecule has 0 atom stereocenters. The monoisotopic (exact) mass is 506 g/mol. The molecule has 0 aliphatic carbocycles. The lowest BCUT2D eigenvalue weighted by atomic mass is 10.2. The summed E-state index contributed by atoms with van der Waals surface area (Å²) in [6.07, 6.45) is 0. The Balaban J connectivity index is 1.80. The normalized spacial score (nSPS) is 11.4. The van der Waals surface area contributed by atoms with Crippen LogP contribution in [0.3, 0.4) is 0 Å². The van der Waals surface area contributed by atoms with E-state index < -0.39 is 10.0 Å². The van der Waals surface area contributed by atoms with E-state index in [0.29, 0.717) is 11.6 Å². The lowest BCUT2D eigenvalue weighted by Crippen LogP contribution is -2.40. The van der Waals surface area contributed by atoms with Gasteiger partial charge in [0, 0.05) is 22.6 Å². The van der Waals surface area contributed by atoms with E-state index in [1.807, 2.05) is 54.6 Å². The van der Waals surface area contributed by atoms with E-state index in [9.17, 15) is 13.2 Å². The van der Waals surface area contributed by atoms with Crippen LogP contribution in [0.1, 0.15) is 11.1 Å². The lowest BCUT2D eigenvalue weighted by molar-refractivity contribution is -0.121. The van der Waals surface area contributed by atoms with Crippen LogP contribution in [0.15, 0.2) is 88.2 Å². The summed E-state index contributed by atoms with van der Waals surface area (Å²) >= 11 is 9.26. The van der Waals surface area contributed by atoms with Crippen molar-refractivity contribution in [2.45, 2.75) is 18.0 Å². The zero-order chi connectivity index (χ0) is 21.6. The van der Waals surface area contributed by atoms with Crippen molar-refractivity contribution >= 4 is 43.5 Å². The first kappa shape index (κ1) is 22.5. The zero-order valence-corrected chi connectivity index (χ0v) is 19.1. The van der Waals surface area contributed by atoms with Crippen molar-refractivity contribution in [1.29, 1.82) is 0 Å². The van der Waals surface area contributed by atoms with Crippen LogP contribution in [-0.2, 0) is 27.9 Å². The molecule has 5 nitrogen and oxygen atoms in total. The van der Waals surface area contributed by atoms with Gasteiger partial charge in [0.1, 0.15) is 0 Å². The largest absolute Gasteiger partial charge is 0.351 e. The van der Waals surface area contributed by atoms with Gasteiger partial charge < -0.3 is 5.32 Å². The molecule has 0 aliphatic heterocycles. The lowest BCUT2D eigenvalue weighted by Gasteiger charge is -2.22. The van der Waals surface area contributed by atoms with Crippen LogP contribution in [0.25, 0.3) is 0 Å². The number of rotatable bonds is 8. The van der Waals surface area contributed by atoms with Gasteiger partial charge >= 0.3 is 0 Å². The highest BCUT2D eigenvalue weighted by Gasteiger charge is 2.27. The Kier molecular flexibility index (Phi) is 7.66. The Labute approximate surface area is 189 Å². The maximum absolute atomic E-state index is 13.2. The molecule has 1 N–H and O–H groups in total. The molecule has 0 radical (unpaired) electrons. The number of amides is 1. The summed E-state index contributed by atoms with van der Waals surface area (Å²) < 4.78 is 28.5. The maximum Gasteiger partial charge on any atom is 0.243 e. The average Bonchev–Trinajstić information content (AvgIpc) is 2.74. The molecule has 0 bridgehead atoms. The van der Waals surface area contributed by atoms with Crippen LogP contribution >= 0.6 is 27.5 Å². The molecule has 8 heteroatoms. The van der Waals surface area contributed by atoms with Crippen molar-refractivity contribution in [3.8, 4) is 0 Å². The van der Waals surface area contributed by atoms with E-state index in [2.05, 4.69) is 21.2 Å². The molecule has 1 amide bonds. The molecule has 3 aromatic carbocycles. The third-order valence-corrected chi connectivity index (χ3v) is 6.96. The molecular weight excluding hydrogens is 488 g/mol. The molecule has 0 aliphatic rings. The SMILES string of the molecule is O=C(CN(Cc1ccc(Br)cc1)S(=O)(=O)c1ccc(Cl)cc1)NCc1ccccc1. The van der Waals surface area contributed by atoms with E-state index in [-0.39, 0.29) is 23.9 Å². The maximum atomic E-state index is 13.2. The van der Waals surface area contributed by atoms with Crippen LogP contribution in [-0.4, -0.2) is 25.2 Å². The summed E-state index contributed by atoms with van der Waals surface area (Å²) in [5.74, 6) is -0.381. The van der Waals surface area contributed by atoms with Crippen LogP contribution in [0.5, 0.6) is 0 Å². The molecule has 0 unspecified atom stereocenters. The van der Waals surface area contributed by atoms with Crippen LogP contribution in [0, 0.1) is 0 Å². The van der Waals surface area contributed by atoms with Crippen LogP contribution in [0.2, 0.25) is 5.02 Å². The average molecular weight is 508 g/mol. The molecule has 3 aromatic rings. The fraction of sp³-hybridized carbons (Fsp3) is 0.136. The van der Waals surface area contributed by atoms with E-state index in [0.717, 1.165) is 15.6 Å². The van der Waals surface area contributed by atoms with Gasteiger partial charge in [-0.1, -0.05) is 70.0 Å². The number of benzene rings is 3. The van der Waals surface area contributed by atoms with Gasteiger partial charge in [0.15, 0.2) is 0 Å². The van der Waals surface area contributed by atoms with Gasteiger partial charge in [-0.05, 0) is 47.5 Å². The molecule has 0 saturated carbocycles. The first-order valence-electron chi connectivity index (χ1n) is 9.15. The molecule has 3 rings (SSSR count). The first-order valence-corrected chi connectivity index (χ1v) is 11.8. The van der Waals surface area contributed by atoms with Gasteiger partial charge in [-0.15, -0.1) is 0 Å². The number of carbonyl (C=O) groups is 1. The Morgan fingerprint density at radius 1 is 0.900 bits per heavy atom. The highest BCUT2D eigenvalue weighted by atomic mass is 79.9. The minimum Gasteiger partial charge on any atom is -0.351 e. The smallest absolute Gasteiger partial charge is 0.243 e. The van der Waals surface area contributed by atoms with Crippen molar-refractivity contribution < 1.29 is 13.2 Å². The Morgan fingerprint density at radius 2 is 1.53 bits per heavy atom. The fourth-order valence-corrected chi connectivity index (χ4v) is 4.56. The van der Waals surface area contributed by atoms with Crippen LogP contribution in [0.4, 0.5) is 0 Å². The minimum absolute atomic E-state index is 0.0665. The second kappa shape index (κ2) is 10.2. The third kappa shape index (κ3) is 6.15. The molecule has 156 valence electrons. The summed E-state index contributed by atoms with van der Waals surface area (Å²) in [6.45, 7) is 0.0949. The molecule has 0 aromatic heterocycles. The van der Waals surface area contributed by atoms with Crippen molar-refractivity contribution in [3.05, 3.63) is 99.5 Å². The standard InChI is InChI=1S/C22H20BrClN2O3S/c23-19-8-6-18(7-9-19)15-26(30(28,29)21-12-10-20(24)11-13-21)16-22(27)25-14-17-4-2-1-3-5-17/h1-13H,14-16H2,(H,25,27). The van der Waals surface area contributed by atoms with Gasteiger partial charge in [0.25, 0.3) is 0 Å². The quantitative estimate of drug-likeness (QED) is 0.484. The van der Waals surface area contributed by atoms with Gasteiger partial charge in [-0.2, -0.15) is 4.31 Å². The van der Waals surface area contributed by atoms with Gasteiger partial charge in [-0.25, -0.2) is 8.42 Å². The summed E-state index contributed by atoms with van der Waals surface area (Å²) in [5, 5.41) is 3.22. The Hall–Kier alpha value is -2.19. The Bertz CT molecular complexity index is 1090. The van der Waals surface area contributed by atoms with Crippen LogP contribution < -0.4 is 5.32 Å². The second-order valence-corrected chi connectivity index (χ2v) is 9.91. The highest BCUT2D eigenvalue weighted by molar-refractivity contribution is 9.10. The summed E-state index contributed by atoms with van der Waals surface area (Å²) in [6, 6.07) is 22.6. The topological polar surface area (TPSA) is 66.5 Å². The van der Waals surface area contributed by atoms with Gasteiger partial charge in [0.2, 0.25) is 15.9 Å². The predicted molar refractivity (Wildman–Crippen MR) is 121 cm³/mol. The van der Waals surface area contributed by atoms with Crippen molar-refractivity contribution in [2.24, 2.45) is 0 Å². The molecule has 30 heavy (non-hydrogen) atoms. The summed E-state index contributed by atoms with van der Waals surface area (Å²) in [4.78, 5) is 12.6. The van der Waals surface area contributed by atoms with E-state index in [4.69, 9.17) is 11.6 Å². The molecule has 0 spiro atoms. The number of carbonyl (C=O) groups excluding carboxylic acids is 1. The third-order valence-electron chi connectivity index (χ3n) is 4.38. The van der Waals surface area contributed by atoms with E-state index in [1.165, 1.54) is 28.6 Å². The second-order valence-electron chi connectivity index (χ2n) is 6.62. The van der Waals surface area contributed by atoms with Gasteiger partial charge in [0.05, 0.1) is 11.4 Å². The predicted octanol–water partition coefficient (Wildman–Crippen LogP) is 4.61. The first-order chi connectivity index (χ1) is 14.3. The summed E-state index contributed by atoms with van der Waals surface area (Å²) in [7, 11) is -3.90. The van der Waals surface area contributed by atoms with E-state index in [1.54, 1.807) is 0 Å². The number of hydrogen-bond donors (Lipinski definition) is 1. The van der Waals surface area contributed by atoms with Crippen molar-refractivity contribution in [2.75, 3.05) is 6.54 Å². The minimum atomic E-state index is -3.90. The molecule has 0 saturated heterocycles.